The summed E-state index contributed by atoms with van der Waals surface area (Å²) in [5.41, 5.74) is 2.06. The van der Waals surface area contributed by atoms with Crippen molar-refractivity contribution in [3.63, 3.8) is 0 Å². The molecule has 0 saturated carbocycles. The normalized spacial score (nSPS) is 20.1. The first kappa shape index (κ1) is 15.0. The van der Waals surface area contributed by atoms with Gasteiger partial charge in [-0.25, -0.2) is 8.42 Å². The summed E-state index contributed by atoms with van der Waals surface area (Å²) in [5.74, 6) is -0.708. The maximum Gasteiger partial charge on any atom is 0.303 e. The van der Waals surface area contributed by atoms with Crippen LogP contribution in [0.3, 0.4) is 0 Å². The summed E-state index contributed by atoms with van der Waals surface area (Å²) in [5, 5.41) is 8.84. The maximum atomic E-state index is 11.8. The Hall–Kier alpha value is -1.40. The van der Waals surface area contributed by atoms with Crippen LogP contribution >= 0.6 is 0 Å². The molecule has 1 N–H and O–H groups in total. The van der Waals surface area contributed by atoms with Gasteiger partial charge in [0.2, 0.25) is 10.0 Å². The quantitative estimate of drug-likeness (QED) is 0.919. The van der Waals surface area contributed by atoms with Gasteiger partial charge in [-0.2, -0.15) is 4.31 Å². The minimum absolute atomic E-state index is 0.106. The molecule has 0 saturated heterocycles. The number of sulfonamides is 1. The molecule has 1 aliphatic heterocycles. The fourth-order valence-electron chi connectivity index (χ4n) is 2.68. The van der Waals surface area contributed by atoms with Crippen molar-refractivity contribution in [2.24, 2.45) is 0 Å². The summed E-state index contributed by atoms with van der Waals surface area (Å²) < 4.78 is 25.0. The minimum Gasteiger partial charge on any atom is -0.481 e. The summed E-state index contributed by atoms with van der Waals surface area (Å²) in [7, 11) is -3.23. The molecule has 0 radical (unpaired) electrons. The first-order valence-electron chi connectivity index (χ1n) is 6.62. The Bertz CT molecular complexity index is 597. The van der Waals surface area contributed by atoms with Crippen molar-refractivity contribution < 1.29 is 18.3 Å². The Morgan fingerprint density at radius 2 is 2.10 bits per heavy atom. The second-order valence-electron chi connectivity index (χ2n) is 5.21. The van der Waals surface area contributed by atoms with Crippen molar-refractivity contribution in [3.05, 3.63) is 35.4 Å². The van der Waals surface area contributed by atoms with E-state index in [1.165, 1.54) is 10.6 Å². The molecule has 0 aliphatic carbocycles. The Morgan fingerprint density at radius 3 is 2.75 bits per heavy atom. The highest BCUT2D eigenvalue weighted by atomic mass is 32.2. The van der Waals surface area contributed by atoms with Crippen LogP contribution in [-0.4, -0.2) is 36.6 Å². The van der Waals surface area contributed by atoms with E-state index in [1.54, 1.807) is 0 Å². The van der Waals surface area contributed by atoms with Crippen LogP contribution in [0.15, 0.2) is 24.3 Å². The van der Waals surface area contributed by atoms with Gasteiger partial charge in [-0.1, -0.05) is 24.3 Å². The van der Waals surface area contributed by atoms with Crippen LogP contribution in [0.5, 0.6) is 0 Å². The lowest BCUT2D eigenvalue weighted by Gasteiger charge is -2.17. The molecule has 0 spiro atoms. The molecular weight excluding hydrogens is 278 g/mol. The highest BCUT2D eigenvalue weighted by Gasteiger charge is 2.26. The van der Waals surface area contributed by atoms with Gasteiger partial charge >= 0.3 is 5.97 Å². The fourth-order valence-corrected chi connectivity index (χ4v) is 3.49. The van der Waals surface area contributed by atoms with Gasteiger partial charge in [-0.3, -0.25) is 4.79 Å². The summed E-state index contributed by atoms with van der Waals surface area (Å²) in [6.07, 6.45) is 2.53. The summed E-state index contributed by atoms with van der Waals surface area (Å²) in [4.78, 5) is 10.8. The summed E-state index contributed by atoms with van der Waals surface area (Å²) in [6, 6.07) is 7.71. The lowest BCUT2D eigenvalue weighted by molar-refractivity contribution is -0.137. The van der Waals surface area contributed by atoms with Gasteiger partial charge in [0.25, 0.3) is 0 Å². The van der Waals surface area contributed by atoms with Crippen LogP contribution in [0.25, 0.3) is 0 Å². The zero-order chi connectivity index (χ0) is 14.8. The van der Waals surface area contributed by atoms with E-state index in [2.05, 4.69) is 0 Å². The van der Waals surface area contributed by atoms with Crippen molar-refractivity contribution in [1.29, 1.82) is 0 Å². The molecule has 1 aromatic rings. The third kappa shape index (κ3) is 3.58. The molecule has 5 nitrogen and oxygen atoms in total. The SMILES string of the molecule is CS(=O)(=O)N1CCC(CCC(=O)O)c2ccccc2C1. The summed E-state index contributed by atoms with van der Waals surface area (Å²) in [6.45, 7) is 0.816. The lowest BCUT2D eigenvalue weighted by atomic mass is 9.89. The maximum absolute atomic E-state index is 11.8. The molecule has 1 atom stereocenters. The first-order valence-corrected chi connectivity index (χ1v) is 8.47. The van der Waals surface area contributed by atoms with Gasteiger partial charge < -0.3 is 5.11 Å². The van der Waals surface area contributed by atoms with Crippen LogP contribution in [-0.2, 0) is 21.4 Å². The molecule has 1 heterocycles. The number of benzene rings is 1. The van der Waals surface area contributed by atoms with Crippen LogP contribution < -0.4 is 0 Å². The number of rotatable bonds is 4. The van der Waals surface area contributed by atoms with E-state index >= 15 is 0 Å². The topological polar surface area (TPSA) is 74.7 Å². The molecule has 0 amide bonds. The summed E-state index contributed by atoms with van der Waals surface area (Å²) >= 11 is 0. The van der Waals surface area contributed by atoms with Crippen molar-refractivity contribution in [2.45, 2.75) is 31.7 Å². The van der Waals surface area contributed by atoms with Gasteiger partial charge in [-0.15, -0.1) is 0 Å². The van der Waals surface area contributed by atoms with Crippen LogP contribution in [0.2, 0.25) is 0 Å². The predicted molar refractivity (Wildman–Crippen MR) is 75.9 cm³/mol. The zero-order valence-corrected chi connectivity index (χ0v) is 12.3. The molecule has 1 aromatic carbocycles. The Kier molecular flexibility index (Phi) is 4.45. The average molecular weight is 297 g/mol. The zero-order valence-electron chi connectivity index (χ0n) is 11.4. The van der Waals surface area contributed by atoms with E-state index in [-0.39, 0.29) is 12.3 Å². The number of carbonyl (C=O) groups is 1. The Labute approximate surface area is 119 Å². The molecule has 0 aromatic heterocycles. The molecule has 2 rings (SSSR count). The van der Waals surface area contributed by atoms with Crippen molar-refractivity contribution >= 4 is 16.0 Å². The van der Waals surface area contributed by atoms with Gasteiger partial charge in [-0.05, 0) is 29.9 Å². The van der Waals surface area contributed by atoms with Crippen molar-refractivity contribution in [1.82, 2.24) is 4.31 Å². The standard InChI is InChI=1S/C14H19NO4S/c1-20(18,19)15-9-8-11(6-7-14(16)17)13-5-3-2-4-12(13)10-15/h2-5,11H,6-10H2,1H3,(H,16,17). The first-order chi connectivity index (χ1) is 9.38. The van der Waals surface area contributed by atoms with E-state index in [1.807, 2.05) is 24.3 Å². The molecule has 0 bridgehead atoms. The average Bonchev–Trinajstić information content (AvgIpc) is 2.55. The van der Waals surface area contributed by atoms with Crippen molar-refractivity contribution in [2.75, 3.05) is 12.8 Å². The molecule has 1 unspecified atom stereocenters. The molecular formula is C14H19NO4S. The van der Waals surface area contributed by atoms with Gasteiger partial charge in [0.15, 0.2) is 0 Å². The van der Waals surface area contributed by atoms with Gasteiger partial charge in [0, 0.05) is 19.5 Å². The highest BCUT2D eigenvalue weighted by Crippen LogP contribution is 2.32. The van der Waals surface area contributed by atoms with E-state index in [4.69, 9.17) is 5.11 Å². The number of nitrogens with zero attached hydrogens (tertiary/aromatic N) is 1. The third-order valence-electron chi connectivity index (χ3n) is 3.74. The number of hydrogen-bond acceptors (Lipinski definition) is 3. The highest BCUT2D eigenvalue weighted by molar-refractivity contribution is 7.88. The molecule has 6 heteroatoms. The second kappa shape index (κ2) is 5.93. The monoisotopic (exact) mass is 297 g/mol. The lowest BCUT2D eigenvalue weighted by Crippen LogP contribution is -2.29. The third-order valence-corrected chi connectivity index (χ3v) is 4.99. The van der Waals surface area contributed by atoms with Crippen molar-refractivity contribution in [3.8, 4) is 0 Å². The number of hydrogen-bond donors (Lipinski definition) is 1. The van der Waals surface area contributed by atoms with Gasteiger partial charge in [0.05, 0.1) is 6.26 Å². The van der Waals surface area contributed by atoms with E-state index < -0.39 is 16.0 Å². The number of carboxylic acid groups (broad SMARTS) is 1. The van der Waals surface area contributed by atoms with E-state index in [9.17, 15) is 13.2 Å². The molecule has 20 heavy (non-hydrogen) atoms. The predicted octanol–water partition coefficient (Wildman–Crippen LogP) is 1.80. The minimum atomic E-state index is -3.23. The van der Waals surface area contributed by atoms with Crippen LogP contribution in [0.4, 0.5) is 0 Å². The van der Waals surface area contributed by atoms with E-state index in [0.29, 0.717) is 25.9 Å². The van der Waals surface area contributed by atoms with Gasteiger partial charge in [0.1, 0.15) is 0 Å². The number of carboxylic acids is 1. The van der Waals surface area contributed by atoms with Crippen LogP contribution in [0, 0.1) is 0 Å². The molecule has 0 fully saturated rings. The Balaban J connectivity index is 2.28. The smallest absolute Gasteiger partial charge is 0.303 e. The number of fused-ring (bicyclic) bond motifs is 1. The molecule has 110 valence electrons. The molecule has 1 aliphatic rings. The fraction of sp³-hybridized carbons (Fsp3) is 0.500. The van der Waals surface area contributed by atoms with E-state index in [0.717, 1.165) is 11.1 Å². The largest absolute Gasteiger partial charge is 0.481 e. The second-order valence-corrected chi connectivity index (χ2v) is 7.20. The Morgan fingerprint density at radius 1 is 1.40 bits per heavy atom. The van der Waals surface area contributed by atoms with Crippen LogP contribution in [0.1, 0.15) is 36.3 Å². The number of aliphatic carboxylic acids is 1.